The van der Waals surface area contributed by atoms with Crippen molar-refractivity contribution in [2.24, 2.45) is 0 Å². The smallest absolute Gasteiger partial charge is 0.319 e. The van der Waals surface area contributed by atoms with Gasteiger partial charge in [0.05, 0.1) is 24.0 Å². The fraction of sp³-hybridized carbons (Fsp3) is 0.250. The Labute approximate surface area is 124 Å². The molecule has 0 spiro atoms. The van der Waals surface area contributed by atoms with E-state index < -0.39 is 0 Å². The number of aromatic nitrogens is 1. The van der Waals surface area contributed by atoms with Gasteiger partial charge in [0.2, 0.25) is 0 Å². The summed E-state index contributed by atoms with van der Waals surface area (Å²) in [5.74, 6) is 0.653. The number of rotatable bonds is 5. The lowest BCUT2D eigenvalue weighted by Gasteiger charge is -2.15. The first-order valence-electron chi connectivity index (χ1n) is 6.91. The molecule has 0 aliphatic rings. The van der Waals surface area contributed by atoms with Crippen molar-refractivity contribution in [1.29, 1.82) is 0 Å². The maximum Gasteiger partial charge on any atom is 0.319 e. The maximum atomic E-state index is 12.0. The molecule has 1 aromatic carbocycles. The molecule has 1 heterocycles. The fourth-order valence-corrected chi connectivity index (χ4v) is 1.91. The third-order valence-corrected chi connectivity index (χ3v) is 2.91. The first kappa shape index (κ1) is 14.8. The van der Waals surface area contributed by atoms with Crippen molar-refractivity contribution in [2.45, 2.75) is 19.9 Å². The van der Waals surface area contributed by atoms with Gasteiger partial charge in [0.25, 0.3) is 0 Å². The van der Waals surface area contributed by atoms with Crippen LogP contribution < -0.4 is 15.4 Å². The van der Waals surface area contributed by atoms with E-state index >= 15 is 0 Å². The fourth-order valence-electron chi connectivity index (χ4n) is 1.91. The number of para-hydroxylation sites is 2. The molecule has 0 fully saturated rings. The number of anilines is 1. The summed E-state index contributed by atoms with van der Waals surface area (Å²) in [5, 5.41) is 5.64. The number of amides is 2. The number of benzene rings is 1. The lowest BCUT2D eigenvalue weighted by molar-refractivity contribution is 0.249. The number of pyridine rings is 1. The molecule has 110 valence electrons. The summed E-state index contributed by atoms with van der Waals surface area (Å²) in [6.45, 7) is 4.33. The van der Waals surface area contributed by atoms with Crippen LogP contribution in [0.25, 0.3) is 0 Å². The van der Waals surface area contributed by atoms with E-state index in [4.69, 9.17) is 4.74 Å². The van der Waals surface area contributed by atoms with Crippen LogP contribution in [0.15, 0.2) is 48.7 Å². The summed E-state index contributed by atoms with van der Waals surface area (Å²) in [6.07, 6.45) is 1.70. The Kier molecular flexibility index (Phi) is 5.15. The summed E-state index contributed by atoms with van der Waals surface area (Å²) in [6, 6.07) is 12.5. The van der Waals surface area contributed by atoms with Crippen molar-refractivity contribution < 1.29 is 9.53 Å². The minimum Gasteiger partial charge on any atom is -0.492 e. The predicted octanol–water partition coefficient (Wildman–Crippen LogP) is 3.36. The maximum absolute atomic E-state index is 12.0. The monoisotopic (exact) mass is 285 g/mol. The third kappa shape index (κ3) is 4.21. The van der Waals surface area contributed by atoms with E-state index in [2.05, 4.69) is 15.6 Å². The van der Waals surface area contributed by atoms with Crippen molar-refractivity contribution in [1.82, 2.24) is 10.3 Å². The predicted molar refractivity (Wildman–Crippen MR) is 82.4 cm³/mol. The van der Waals surface area contributed by atoms with Gasteiger partial charge in [-0.25, -0.2) is 4.79 Å². The number of carbonyl (C=O) groups excluding carboxylic acids is 1. The molecule has 1 aromatic heterocycles. The largest absolute Gasteiger partial charge is 0.492 e. The van der Waals surface area contributed by atoms with Crippen LogP contribution in [0.2, 0.25) is 0 Å². The average molecular weight is 285 g/mol. The van der Waals surface area contributed by atoms with Gasteiger partial charge in [0.15, 0.2) is 0 Å². The van der Waals surface area contributed by atoms with Gasteiger partial charge in [-0.2, -0.15) is 0 Å². The lowest BCUT2D eigenvalue weighted by atomic mass is 10.2. The molecule has 0 aliphatic heterocycles. The van der Waals surface area contributed by atoms with Crippen LogP contribution in [0.5, 0.6) is 5.75 Å². The highest BCUT2D eigenvalue weighted by Crippen LogP contribution is 2.23. The Morgan fingerprint density at radius 3 is 2.71 bits per heavy atom. The minimum absolute atomic E-state index is 0.176. The molecule has 1 atom stereocenters. The van der Waals surface area contributed by atoms with Gasteiger partial charge in [-0.05, 0) is 38.1 Å². The van der Waals surface area contributed by atoms with Crippen LogP contribution in [0.1, 0.15) is 25.6 Å². The topological polar surface area (TPSA) is 63.2 Å². The second kappa shape index (κ2) is 7.28. The van der Waals surface area contributed by atoms with E-state index in [0.717, 1.165) is 5.69 Å². The van der Waals surface area contributed by atoms with Gasteiger partial charge < -0.3 is 15.4 Å². The van der Waals surface area contributed by atoms with Gasteiger partial charge in [0, 0.05) is 6.20 Å². The number of ether oxygens (including phenoxy) is 1. The highest BCUT2D eigenvalue weighted by atomic mass is 16.5. The van der Waals surface area contributed by atoms with Crippen molar-refractivity contribution in [3.8, 4) is 5.75 Å². The minimum atomic E-state index is -0.291. The molecule has 2 N–H and O–H groups in total. The number of nitrogens with zero attached hydrogens (tertiary/aromatic N) is 1. The SMILES string of the molecule is CCOc1ccccc1NC(=O)NC(C)c1ccccn1. The van der Waals surface area contributed by atoms with Crippen molar-refractivity contribution >= 4 is 11.7 Å². The van der Waals surface area contributed by atoms with Crippen molar-refractivity contribution in [2.75, 3.05) is 11.9 Å². The molecule has 2 aromatic rings. The van der Waals surface area contributed by atoms with E-state index in [1.807, 2.05) is 50.2 Å². The van der Waals surface area contributed by atoms with Gasteiger partial charge in [-0.1, -0.05) is 18.2 Å². The Morgan fingerprint density at radius 2 is 2.00 bits per heavy atom. The highest BCUT2D eigenvalue weighted by molar-refractivity contribution is 5.91. The zero-order valence-electron chi connectivity index (χ0n) is 12.2. The normalized spacial score (nSPS) is 11.5. The number of hydrogen-bond donors (Lipinski definition) is 2. The summed E-state index contributed by atoms with van der Waals surface area (Å²) >= 11 is 0. The Balaban J connectivity index is 1.99. The molecule has 5 nitrogen and oxygen atoms in total. The van der Waals surface area contributed by atoms with E-state index in [1.165, 1.54) is 0 Å². The first-order valence-corrected chi connectivity index (χ1v) is 6.91. The van der Waals surface area contributed by atoms with Gasteiger partial charge in [-0.3, -0.25) is 4.98 Å². The van der Waals surface area contributed by atoms with Gasteiger partial charge in [0.1, 0.15) is 5.75 Å². The number of nitrogens with one attached hydrogen (secondary N) is 2. The van der Waals surface area contributed by atoms with Crippen molar-refractivity contribution in [3.05, 3.63) is 54.4 Å². The van der Waals surface area contributed by atoms with Crippen LogP contribution in [-0.4, -0.2) is 17.6 Å². The van der Waals surface area contributed by atoms with Gasteiger partial charge >= 0.3 is 6.03 Å². The quantitative estimate of drug-likeness (QED) is 0.885. The molecule has 5 heteroatoms. The van der Waals surface area contributed by atoms with E-state index in [-0.39, 0.29) is 12.1 Å². The van der Waals surface area contributed by atoms with Crippen LogP contribution in [0.3, 0.4) is 0 Å². The summed E-state index contributed by atoms with van der Waals surface area (Å²) < 4.78 is 5.47. The Morgan fingerprint density at radius 1 is 1.24 bits per heavy atom. The highest BCUT2D eigenvalue weighted by Gasteiger charge is 2.12. The van der Waals surface area contributed by atoms with E-state index in [0.29, 0.717) is 18.0 Å². The van der Waals surface area contributed by atoms with Crippen LogP contribution >= 0.6 is 0 Å². The van der Waals surface area contributed by atoms with E-state index in [9.17, 15) is 4.79 Å². The summed E-state index contributed by atoms with van der Waals surface area (Å²) in [4.78, 5) is 16.3. The summed E-state index contributed by atoms with van der Waals surface area (Å²) in [5.41, 5.74) is 1.45. The molecule has 1 unspecified atom stereocenters. The Bertz CT molecular complexity index is 587. The first-order chi connectivity index (χ1) is 10.2. The van der Waals surface area contributed by atoms with Crippen molar-refractivity contribution in [3.63, 3.8) is 0 Å². The molecule has 2 amide bonds. The standard InChI is InChI=1S/C16H19N3O2/c1-3-21-15-10-5-4-9-14(15)19-16(20)18-12(2)13-8-6-7-11-17-13/h4-12H,3H2,1-2H3,(H2,18,19,20). The zero-order chi connectivity index (χ0) is 15.1. The summed E-state index contributed by atoms with van der Waals surface area (Å²) in [7, 11) is 0. The third-order valence-electron chi connectivity index (χ3n) is 2.91. The number of hydrogen-bond acceptors (Lipinski definition) is 3. The number of carbonyl (C=O) groups is 1. The zero-order valence-corrected chi connectivity index (χ0v) is 12.2. The molecule has 0 saturated carbocycles. The van der Waals surface area contributed by atoms with Gasteiger partial charge in [-0.15, -0.1) is 0 Å². The molecule has 0 radical (unpaired) electrons. The van der Waals surface area contributed by atoms with Crippen LogP contribution in [0.4, 0.5) is 10.5 Å². The second-order valence-corrected chi connectivity index (χ2v) is 4.50. The molecule has 21 heavy (non-hydrogen) atoms. The molecule has 0 saturated heterocycles. The molecule has 2 rings (SSSR count). The second-order valence-electron chi connectivity index (χ2n) is 4.50. The lowest BCUT2D eigenvalue weighted by Crippen LogP contribution is -2.31. The Hall–Kier alpha value is -2.56. The molecule has 0 bridgehead atoms. The van der Waals surface area contributed by atoms with Crippen LogP contribution in [0, 0.1) is 0 Å². The molecular weight excluding hydrogens is 266 g/mol. The number of urea groups is 1. The van der Waals surface area contributed by atoms with Crippen LogP contribution in [-0.2, 0) is 0 Å². The molecular formula is C16H19N3O2. The molecule has 0 aliphatic carbocycles. The van der Waals surface area contributed by atoms with E-state index in [1.54, 1.807) is 12.3 Å². The average Bonchev–Trinajstić information content (AvgIpc) is 2.50.